The number of allylic oxidation sites excluding steroid dienone is 12. The van der Waals surface area contributed by atoms with Gasteiger partial charge in [-0.05, 0) is 212 Å². The Labute approximate surface area is 750 Å². The number of carbonyl (C=O) groups excluding carboxylic acids is 8. The molecule has 0 spiro atoms. The number of aryl methyl sites for hydroxylation is 8. The molecule has 126 heavy (non-hydrogen) atoms. The second-order valence-electron chi connectivity index (χ2n) is 31.3. The van der Waals surface area contributed by atoms with Crippen LogP contribution in [0.2, 0.25) is 10.0 Å². The van der Waals surface area contributed by atoms with Crippen LogP contribution in [0.15, 0.2) is 203 Å². The minimum atomic E-state index is -0.397. The van der Waals surface area contributed by atoms with Gasteiger partial charge in [0.05, 0.1) is 71.5 Å². The molecule has 0 N–H and O–H groups in total. The van der Waals surface area contributed by atoms with Crippen molar-refractivity contribution in [2.45, 2.75) is 158 Å². The van der Waals surface area contributed by atoms with Crippen LogP contribution in [0.1, 0.15) is 185 Å². The zero-order chi connectivity index (χ0) is 90.0. The molecule has 0 saturated carbocycles. The Balaban J connectivity index is 0.000000190. The van der Waals surface area contributed by atoms with E-state index in [2.05, 4.69) is 44.9 Å². The fraction of sp³-hybridized carbons (Fsp3) is 0.400. The molecule has 668 valence electrons. The van der Waals surface area contributed by atoms with Gasteiger partial charge in [-0.15, -0.1) is 0 Å². The molecule has 0 saturated heterocycles. The minimum Gasteiger partial charge on any atom is -0.462 e. The molecule has 0 radical (unpaired) electrons. The maximum atomic E-state index is 12.9. The van der Waals surface area contributed by atoms with Crippen LogP contribution in [0.3, 0.4) is 0 Å². The van der Waals surface area contributed by atoms with E-state index in [1.165, 1.54) is 0 Å². The maximum absolute atomic E-state index is 12.9. The number of cyclic esters (lactones) is 4. The molecule has 0 bridgehead atoms. The van der Waals surface area contributed by atoms with E-state index in [4.69, 9.17) is 61.5 Å². The summed E-state index contributed by atoms with van der Waals surface area (Å²) in [4.78, 5) is 129. The fourth-order valence-corrected chi connectivity index (χ4v) is 15.2. The number of rotatable bonds is 12. The summed E-state index contributed by atoms with van der Waals surface area (Å²) >= 11 is 13.3. The van der Waals surface area contributed by atoms with Crippen LogP contribution >= 0.6 is 23.2 Å². The molecule has 4 aromatic rings. The molecule has 12 rings (SSSR count). The van der Waals surface area contributed by atoms with E-state index in [1.54, 1.807) is 19.6 Å². The number of hydrogen-bond acceptors (Lipinski definition) is 20. The Bertz CT molecular complexity index is 4710. The monoisotopic (exact) mass is 1760 g/mol. The van der Waals surface area contributed by atoms with Gasteiger partial charge in [-0.25, -0.2) is 19.2 Å². The lowest BCUT2D eigenvalue weighted by atomic mass is 9.94. The summed E-state index contributed by atoms with van der Waals surface area (Å²) in [6.07, 6.45) is 58.8. The molecule has 0 fully saturated rings. The van der Waals surface area contributed by atoms with Crippen LogP contribution in [-0.4, -0.2) is 195 Å². The first-order valence-corrected chi connectivity index (χ1v) is 44.0. The normalized spacial score (nSPS) is 20.5. The summed E-state index contributed by atoms with van der Waals surface area (Å²) in [5.41, 5.74) is 14.8. The number of halogens is 2. The average Bonchev–Trinajstić information content (AvgIpc) is 0.922. The SMILES string of the molecule is Cc1cc(C)c2c(c1)CC(=N/OCC(=O)N1CC=CC1)/C=C/CC/C=C/CCOC2=O.Cc1cc(C)c2c(c1)CC(=N\OCC(=O)N1CC=CC1)/C=C/CC/C=C/CCOC2=O.Cc1cc(C)c2c(c1Cl)CC(=N/OCC(=O)N1CC=CC1)/C=C/CC/C=C/CCOC2=O.Cc1cc(C)c2c(c1Cl)CC(=N\OCC(=O)N1CC=CC1)/C=C/CC/C=C/CCOC2=O. The van der Waals surface area contributed by atoms with E-state index in [-0.39, 0.29) is 74.8 Å². The first kappa shape index (κ1) is 97.8. The average molecular weight is 1760 g/mol. The number of oxime groups is 4. The van der Waals surface area contributed by atoms with Gasteiger partial charge in [-0.3, -0.25) is 19.2 Å². The van der Waals surface area contributed by atoms with Crippen molar-refractivity contribution in [3.05, 3.63) is 281 Å². The third kappa shape index (κ3) is 31.9. The Kier molecular flexibility index (Phi) is 40.9. The molecule has 24 nitrogen and oxygen atoms in total. The van der Waals surface area contributed by atoms with Gasteiger partial charge in [0, 0.05) is 88.1 Å². The summed E-state index contributed by atoms with van der Waals surface area (Å²) in [6.45, 7) is 21.1. The Morgan fingerprint density at radius 3 is 0.794 bits per heavy atom. The first-order chi connectivity index (χ1) is 61.0. The van der Waals surface area contributed by atoms with Gasteiger partial charge in [0.15, 0.2) is 26.4 Å². The molecule has 8 aliphatic heterocycles. The number of hydrogen-bond donors (Lipinski definition) is 0. The molecular formula is C100H118Cl2N8O16. The molecule has 8 heterocycles. The van der Waals surface area contributed by atoms with E-state index in [0.29, 0.717) is 184 Å². The first-order valence-electron chi connectivity index (χ1n) is 43.2. The number of nitrogens with zero attached hydrogens (tertiary/aromatic N) is 8. The van der Waals surface area contributed by atoms with Gasteiger partial charge in [-0.2, -0.15) is 0 Å². The van der Waals surface area contributed by atoms with E-state index >= 15 is 0 Å². The van der Waals surface area contributed by atoms with Gasteiger partial charge >= 0.3 is 23.9 Å². The molecule has 0 atom stereocenters. The molecular weight excluding hydrogens is 1640 g/mol. The quantitative estimate of drug-likeness (QED) is 0.0552. The molecule has 0 unspecified atom stereocenters. The lowest BCUT2D eigenvalue weighted by molar-refractivity contribution is -0.135. The van der Waals surface area contributed by atoms with E-state index in [1.807, 2.05) is 213 Å². The Morgan fingerprint density at radius 2 is 0.524 bits per heavy atom. The predicted molar refractivity (Wildman–Crippen MR) is 495 cm³/mol. The minimum absolute atomic E-state index is 0.0972. The third-order valence-corrected chi connectivity index (χ3v) is 22.1. The Morgan fingerprint density at radius 1 is 0.294 bits per heavy atom. The van der Waals surface area contributed by atoms with Crippen LogP contribution in [0.5, 0.6) is 0 Å². The smallest absolute Gasteiger partial charge is 0.338 e. The van der Waals surface area contributed by atoms with Crippen LogP contribution in [-0.2, 0) is 83.2 Å². The van der Waals surface area contributed by atoms with Crippen molar-refractivity contribution in [1.82, 2.24) is 19.6 Å². The summed E-state index contributed by atoms with van der Waals surface area (Å²) in [6, 6.07) is 11.7. The standard InChI is InChI=1S/2C25H29ClN2O4.2C25H30N2O4/c2*1-18-15-19(2)24(26)21-16-20(27-32-17-22(29)28-12-8-9-13-28)11-7-5-3-4-6-10-14-31-25(30)23(18)21;2*1-19-15-20(2)24-21(16-19)17-22(26-31-18-23(28)27-12-8-9-13-27)11-7-5-3-4-6-10-14-30-25(24)29/h2*4,6-9,11,15H,3,5,10,12-14,16-17H2,1-2H3;2*4,6-9,11,15-16H,3,5,10,12-14,17-18H2,1-2H3/b6-4+,11-7+,27-20+;6-4+,11-7+,27-20-;6-4+,11-7+,26-22+;6-4+,11-7+,26-22-. The summed E-state index contributed by atoms with van der Waals surface area (Å²) in [5.74, 6) is -1.87. The van der Waals surface area contributed by atoms with Gasteiger partial charge in [0.2, 0.25) is 0 Å². The molecule has 8 aliphatic rings. The zero-order valence-corrected chi connectivity index (χ0v) is 75.3. The third-order valence-electron chi connectivity index (χ3n) is 21.0. The predicted octanol–water partition coefficient (Wildman–Crippen LogP) is 17.6. The van der Waals surface area contributed by atoms with Crippen molar-refractivity contribution in [3.8, 4) is 0 Å². The summed E-state index contributed by atoms with van der Waals surface area (Å²) < 4.78 is 22.0. The van der Waals surface area contributed by atoms with Gasteiger partial charge in [-0.1, -0.05) is 213 Å². The van der Waals surface area contributed by atoms with Gasteiger partial charge in [0.1, 0.15) is 0 Å². The van der Waals surface area contributed by atoms with E-state index in [9.17, 15) is 38.4 Å². The zero-order valence-electron chi connectivity index (χ0n) is 73.8. The molecule has 4 amide bonds. The second kappa shape index (κ2) is 52.7. The molecule has 0 aliphatic carbocycles. The number of ether oxygens (including phenoxy) is 4. The number of benzene rings is 4. The molecule has 26 heteroatoms. The van der Waals surface area contributed by atoms with Crippen LogP contribution in [0.4, 0.5) is 0 Å². The van der Waals surface area contributed by atoms with E-state index < -0.39 is 11.9 Å². The van der Waals surface area contributed by atoms with Crippen molar-refractivity contribution in [2.75, 3.05) is 105 Å². The highest BCUT2D eigenvalue weighted by Gasteiger charge is 2.27. The van der Waals surface area contributed by atoms with Gasteiger partial charge < -0.3 is 57.9 Å². The number of esters is 4. The number of fused-ring (bicyclic) bond motifs is 4. The highest BCUT2D eigenvalue weighted by molar-refractivity contribution is 6.33. The van der Waals surface area contributed by atoms with Crippen molar-refractivity contribution < 1.29 is 76.7 Å². The van der Waals surface area contributed by atoms with Crippen LogP contribution in [0, 0.1) is 55.4 Å². The highest BCUT2D eigenvalue weighted by atomic mass is 35.5. The largest absolute Gasteiger partial charge is 0.462 e. The lowest BCUT2D eigenvalue weighted by Crippen LogP contribution is -2.31. The highest BCUT2D eigenvalue weighted by Crippen LogP contribution is 2.32. The molecule has 0 aromatic heterocycles. The van der Waals surface area contributed by atoms with Crippen molar-refractivity contribution in [2.24, 2.45) is 20.6 Å². The fourth-order valence-electron chi connectivity index (χ4n) is 14.7. The van der Waals surface area contributed by atoms with Gasteiger partial charge in [0.25, 0.3) is 23.6 Å². The van der Waals surface area contributed by atoms with Crippen molar-refractivity contribution >= 4 is 93.6 Å². The topological polar surface area (TPSA) is 273 Å². The van der Waals surface area contributed by atoms with Crippen LogP contribution < -0.4 is 0 Å². The van der Waals surface area contributed by atoms with Crippen molar-refractivity contribution in [1.29, 1.82) is 0 Å². The lowest BCUT2D eigenvalue weighted by Gasteiger charge is -2.17. The summed E-state index contributed by atoms with van der Waals surface area (Å²) in [7, 11) is 0. The van der Waals surface area contributed by atoms with E-state index in [0.717, 1.165) is 107 Å². The van der Waals surface area contributed by atoms with Crippen molar-refractivity contribution in [3.63, 3.8) is 0 Å². The maximum Gasteiger partial charge on any atom is 0.338 e. The summed E-state index contributed by atoms with van der Waals surface area (Å²) in [5, 5.41) is 17.9. The second-order valence-corrected chi connectivity index (χ2v) is 32.1. The Hall–Kier alpha value is -12.0. The number of amides is 4. The molecule has 4 aromatic carbocycles. The number of carbonyl (C=O) groups is 8. The van der Waals surface area contributed by atoms with Crippen LogP contribution in [0.25, 0.3) is 0 Å².